The Kier molecular flexibility index (Phi) is 4.05. The number of benzene rings is 4. The van der Waals surface area contributed by atoms with Crippen LogP contribution in [0.15, 0.2) is 91.0 Å². The normalized spacial score (nSPS) is 11.5. The molecule has 30 heavy (non-hydrogen) atoms. The lowest BCUT2D eigenvalue weighted by molar-refractivity contribution is 1.24. The Morgan fingerprint density at radius 1 is 0.633 bits per heavy atom. The largest absolute Gasteiger partial charge is 0.226 e. The second-order valence-electron chi connectivity index (χ2n) is 7.26. The molecule has 0 unspecified atom stereocenters. The molecule has 0 saturated carbocycles. The van der Waals surface area contributed by atoms with Gasteiger partial charge in [0.2, 0.25) is 0 Å². The molecule has 142 valence electrons. The maximum Gasteiger partial charge on any atom is 0.161 e. The monoisotopic (exact) mass is 422 g/mol. The lowest BCUT2D eigenvalue weighted by Gasteiger charge is -2.07. The first-order valence-electron chi connectivity index (χ1n) is 9.71. The van der Waals surface area contributed by atoms with Crippen LogP contribution < -0.4 is 0 Å². The molecule has 4 heteroatoms. The third kappa shape index (κ3) is 2.86. The summed E-state index contributed by atoms with van der Waals surface area (Å²) in [6.45, 7) is 0. The minimum atomic E-state index is 0.510. The van der Waals surface area contributed by atoms with Crippen molar-refractivity contribution in [2.75, 3.05) is 0 Å². The fourth-order valence-electron chi connectivity index (χ4n) is 3.88. The van der Waals surface area contributed by atoms with Crippen LogP contribution in [0.2, 0.25) is 5.15 Å². The van der Waals surface area contributed by atoms with Crippen LogP contribution in [0.1, 0.15) is 0 Å². The van der Waals surface area contributed by atoms with Crippen LogP contribution in [0.25, 0.3) is 53.6 Å². The number of aromatic nitrogens is 2. The van der Waals surface area contributed by atoms with E-state index in [-0.39, 0.29) is 0 Å². The number of halogens is 1. The van der Waals surface area contributed by atoms with Gasteiger partial charge in [-0.3, -0.25) is 0 Å². The highest BCUT2D eigenvalue weighted by molar-refractivity contribution is 7.26. The van der Waals surface area contributed by atoms with Crippen molar-refractivity contribution in [3.05, 3.63) is 96.1 Å². The average molecular weight is 423 g/mol. The van der Waals surface area contributed by atoms with E-state index in [2.05, 4.69) is 77.8 Å². The van der Waals surface area contributed by atoms with E-state index in [0.717, 1.165) is 26.6 Å². The third-order valence-electron chi connectivity index (χ3n) is 5.38. The molecule has 0 aliphatic rings. The molecule has 4 aromatic carbocycles. The molecule has 2 heterocycles. The Hall–Kier alpha value is -3.27. The first-order valence-corrected chi connectivity index (χ1v) is 10.9. The first-order chi connectivity index (χ1) is 14.8. The predicted octanol–water partition coefficient (Wildman–Crippen LogP) is 7.99. The summed E-state index contributed by atoms with van der Waals surface area (Å²) in [5.41, 5.74) is 4.31. The molecule has 0 atom stereocenters. The average Bonchev–Trinajstić information content (AvgIpc) is 3.18. The van der Waals surface area contributed by atoms with Crippen molar-refractivity contribution in [1.29, 1.82) is 0 Å². The smallest absolute Gasteiger partial charge is 0.161 e. The number of hydrogen-bond donors (Lipinski definition) is 0. The second-order valence-corrected chi connectivity index (χ2v) is 8.67. The molecule has 6 rings (SSSR count). The molecular formula is C26H15ClN2S. The summed E-state index contributed by atoms with van der Waals surface area (Å²) in [5.74, 6) is 0.657. The van der Waals surface area contributed by atoms with Gasteiger partial charge in [-0.05, 0) is 40.1 Å². The SMILES string of the molecule is Clc1nc(-c2ccc3cc(-c4ccccc4)ccc3c2)nc2c1sc1ccccc12. The summed E-state index contributed by atoms with van der Waals surface area (Å²) in [7, 11) is 0. The van der Waals surface area contributed by atoms with Gasteiger partial charge in [-0.1, -0.05) is 84.4 Å². The Balaban J connectivity index is 1.49. The lowest BCUT2D eigenvalue weighted by Crippen LogP contribution is -1.90. The quantitative estimate of drug-likeness (QED) is 0.264. The summed E-state index contributed by atoms with van der Waals surface area (Å²) in [6, 6.07) is 31.5. The second kappa shape index (κ2) is 6.91. The van der Waals surface area contributed by atoms with Gasteiger partial charge in [0.1, 0.15) is 0 Å². The highest BCUT2D eigenvalue weighted by Crippen LogP contribution is 2.37. The molecule has 0 amide bonds. The molecule has 0 spiro atoms. The zero-order chi connectivity index (χ0) is 20.1. The van der Waals surface area contributed by atoms with Crippen molar-refractivity contribution >= 4 is 54.0 Å². The predicted molar refractivity (Wildman–Crippen MR) is 128 cm³/mol. The van der Waals surface area contributed by atoms with E-state index in [1.165, 1.54) is 21.2 Å². The van der Waals surface area contributed by atoms with Gasteiger partial charge in [0.05, 0.1) is 10.2 Å². The van der Waals surface area contributed by atoms with E-state index >= 15 is 0 Å². The summed E-state index contributed by atoms with van der Waals surface area (Å²) in [4.78, 5) is 9.48. The molecule has 0 bridgehead atoms. The molecule has 0 aliphatic heterocycles. The summed E-state index contributed by atoms with van der Waals surface area (Å²) < 4.78 is 2.11. The van der Waals surface area contributed by atoms with Gasteiger partial charge in [-0.15, -0.1) is 11.3 Å². The zero-order valence-electron chi connectivity index (χ0n) is 15.8. The third-order valence-corrected chi connectivity index (χ3v) is 6.94. The molecule has 0 N–H and O–H groups in total. The van der Waals surface area contributed by atoms with Crippen molar-refractivity contribution in [2.45, 2.75) is 0 Å². The van der Waals surface area contributed by atoms with E-state index in [1.54, 1.807) is 11.3 Å². The van der Waals surface area contributed by atoms with Crippen molar-refractivity contribution in [1.82, 2.24) is 9.97 Å². The molecule has 2 nitrogen and oxygen atoms in total. The Morgan fingerprint density at radius 3 is 2.17 bits per heavy atom. The molecule has 0 aliphatic carbocycles. The van der Waals surface area contributed by atoms with E-state index < -0.39 is 0 Å². The molecular weight excluding hydrogens is 408 g/mol. The molecule has 0 radical (unpaired) electrons. The lowest BCUT2D eigenvalue weighted by atomic mass is 10.00. The van der Waals surface area contributed by atoms with Crippen molar-refractivity contribution in [3.8, 4) is 22.5 Å². The van der Waals surface area contributed by atoms with E-state index in [4.69, 9.17) is 16.6 Å². The minimum absolute atomic E-state index is 0.510. The first kappa shape index (κ1) is 17.6. The highest BCUT2D eigenvalue weighted by Gasteiger charge is 2.14. The van der Waals surface area contributed by atoms with Crippen LogP contribution in [-0.4, -0.2) is 9.97 Å². The van der Waals surface area contributed by atoms with Gasteiger partial charge in [-0.25, -0.2) is 9.97 Å². The zero-order valence-corrected chi connectivity index (χ0v) is 17.4. The van der Waals surface area contributed by atoms with Crippen LogP contribution in [0.5, 0.6) is 0 Å². The Labute approximate surface area is 182 Å². The van der Waals surface area contributed by atoms with Crippen LogP contribution >= 0.6 is 22.9 Å². The van der Waals surface area contributed by atoms with Gasteiger partial charge in [0.15, 0.2) is 11.0 Å². The summed E-state index contributed by atoms with van der Waals surface area (Å²) >= 11 is 8.19. The number of rotatable bonds is 2. The van der Waals surface area contributed by atoms with Crippen LogP contribution in [0.4, 0.5) is 0 Å². The molecule has 6 aromatic rings. The van der Waals surface area contributed by atoms with Crippen LogP contribution in [-0.2, 0) is 0 Å². The van der Waals surface area contributed by atoms with Gasteiger partial charge in [-0.2, -0.15) is 0 Å². The van der Waals surface area contributed by atoms with E-state index in [9.17, 15) is 0 Å². The fourth-order valence-corrected chi connectivity index (χ4v) is 5.19. The summed E-state index contributed by atoms with van der Waals surface area (Å²) in [5, 5.41) is 3.97. The molecule has 0 saturated heterocycles. The number of nitrogens with zero attached hydrogens (tertiary/aromatic N) is 2. The van der Waals surface area contributed by atoms with Crippen LogP contribution in [0.3, 0.4) is 0 Å². The Bertz CT molecular complexity index is 1550. The van der Waals surface area contributed by atoms with E-state index in [1.807, 2.05) is 18.2 Å². The maximum absolute atomic E-state index is 6.55. The van der Waals surface area contributed by atoms with Gasteiger partial charge in [0.25, 0.3) is 0 Å². The number of hydrogen-bond acceptors (Lipinski definition) is 3. The van der Waals surface area contributed by atoms with Gasteiger partial charge in [0, 0.05) is 15.6 Å². The number of thiophene rings is 1. The van der Waals surface area contributed by atoms with Crippen molar-refractivity contribution in [2.24, 2.45) is 0 Å². The number of fused-ring (bicyclic) bond motifs is 4. The van der Waals surface area contributed by atoms with Crippen molar-refractivity contribution in [3.63, 3.8) is 0 Å². The van der Waals surface area contributed by atoms with E-state index in [0.29, 0.717) is 11.0 Å². The van der Waals surface area contributed by atoms with Gasteiger partial charge >= 0.3 is 0 Å². The molecule has 0 fully saturated rings. The fraction of sp³-hybridized carbons (Fsp3) is 0. The van der Waals surface area contributed by atoms with Gasteiger partial charge < -0.3 is 0 Å². The maximum atomic E-state index is 6.55. The minimum Gasteiger partial charge on any atom is -0.226 e. The highest BCUT2D eigenvalue weighted by atomic mass is 35.5. The van der Waals surface area contributed by atoms with Crippen molar-refractivity contribution < 1.29 is 0 Å². The summed E-state index contributed by atoms with van der Waals surface area (Å²) in [6.07, 6.45) is 0. The standard InChI is InChI=1S/C26H15ClN2S/c27-25-24-23(21-8-4-5-9-22(21)30-24)28-26(29-25)20-13-12-18-14-17(10-11-19(18)15-20)16-6-2-1-3-7-16/h1-15H. The van der Waals surface area contributed by atoms with Crippen LogP contribution in [0, 0.1) is 0 Å². The molecule has 2 aromatic heterocycles. The topological polar surface area (TPSA) is 25.8 Å². The Morgan fingerprint density at radius 2 is 1.33 bits per heavy atom.